The summed E-state index contributed by atoms with van der Waals surface area (Å²) in [6, 6.07) is 2.52. The van der Waals surface area contributed by atoms with E-state index in [9.17, 15) is 9.18 Å². The maximum Gasteiger partial charge on any atom is 0.330 e. The average Bonchev–Trinajstić information content (AvgIpc) is 2.19. The van der Waals surface area contributed by atoms with Gasteiger partial charge in [-0.05, 0) is 18.2 Å². The van der Waals surface area contributed by atoms with Crippen LogP contribution in [0.2, 0.25) is 0 Å². The number of hydrogen-bond donors (Lipinski definition) is 1. The summed E-state index contributed by atoms with van der Waals surface area (Å²) in [5.41, 5.74) is 5.99. The molecular weight excluding hydrogens is 187 g/mol. The molecule has 0 saturated heterocycles. The molecule has 1 aromatic heterocycles. The molecular formula is C9H9FN2O2. The Bertz CT molecular complexity index is 377. The van der Waals surface area contributed by atoms with E-state index in [1.165, 1.54) is 19.3 Å². The summed E-state index contributed by atoms with van der Waals surface area (Å²) in [7, 11) is 1.25. The molecule has 14 heavy (non-hydrogen) atoms. The minimum Gasteiger partial charge on any atom is -0.466 e. The zero-order chi connectivity index (χ0) is 10.6. The molecule has 0 fully saturated rings. The van der Waals surface area contributed by atoms with Crippen LogP contribution in [0.1, 0.15) is 5.69 Å². The van der Waals surface area contributed by atoms with Crippen LogP contribution >= 0.6 is 0 Å². The highest BCUT2D eigenvalue weighted by atomic mass is 19.1. The molecule has 0 aliphatic heterocycles. The topological polar surface area (TPSA) is 65.2 Å². The third-order valence-corrected chi connectivity index (χ3v) is 1.50. The molecule has 0 atom stereocenters. The van der Waals surface area contributed by atoms with E-state index in [0.717, 1.165) is 12.1 Å². The predicted molar refractivity (Wildman–Crippen MR) is 49.7 cm³/mol. The number of aromatic nitrogens is 1. The SMILES string of the molecule is COC(=O)C=Cc1nc(F)ccc1N. The molecule has 0 radical (unpaired) electrons. The van der Waals surface area contributed by atoms with Gasteiger partial charge < -0.3 is 10.5 Å². The molecule has 0 amide bonds. The van der Waals surface area contributed by atoms with Crippen molar-refractivity contribution < 1.29 is 13.9 Å². The largest absolute Gasteiger partial charge is 0.466 e. The van der Waals surface area contributed by atoms with Gasteiger partial charge in [0, 0.05) is 6.08 Å². The highest BCUT2D eigenvalue weighted by Crippen LogP contribution is 2.10. The van der Waals surface area contributed by atoms with Gasteiger partial charge in [-0.15, -0.1) is 0 Å². The van der Waals surface area contributed by atoms with Gasteiger partial charge in [-0.3, -0.25) is 0 Å². The summed E-state index contributed by atoms with van der Waals surface area (Å²) in [4.78, 5) is 14.2. The van der Waals surface area contributed by atoms with Crippen LogP contribution in [0.3, 0.4) is 0 Å². The first-order valence-corrected chi connectivity index (χ1v) is 3.81. The summed E-state index contributed by atoms with van der Waals surface area (Å²) >= 11 is 0. The fourth-order valence-corrected chi connectivity index (χ4v) is 0.809. The monoisotopic (exact) mass is 196 g/mol. The van der Waals surface area contributed by atoms with E-state index in [-0.39, 0.29) is 5.69 Å². The van der Waals surface area contributed by atoms with Crippen LogP contribution in [0.4, 0.5) is 10.1 Å². The molecule has 1 heterocycles. The molecule has 0 unspecified atom stereocenters. The van der Waals surface area contributed by atoms with Crippen LogP contribution < -0.4 is 5.73 Å². The van der Waals surface area contributed by atoms with Crippen molar-refractivity contribution in [2.75, 3.05) is 12.8 Å². The third-order valence-electron chi connectivity index (χ3n) is 1.50. The number of methoxy groups -OCH3 is 1. The Morgan fingerprint density at radius 1 is 1.64 bits per heavy atom. The van der Waals surface area contributed by atoms with Crippen LogP contribution in [-0.4, -0.2) is 18.1 Å². The normalized spacial score (nSPS) is 10.4. The van der Waals surface area contributed by atoms with Gasteiger partial charge in [0.25, 0.3) is 0 Å². The number of anilines is 1. The molecule has 5 heteroatoms. The number of esters is 1. The van der Waals surface area contributed by atoms with Crippen molar-refractivity contribution in [2.24, 2.45) is 0 Å². The second kappa shape index (κ2) is 4.36. The summed E-state index contributed by atoms with van der Waals surface area (Å²) < 4.78 is 17.0. The van der Waals surface area contributed by atoms with Crippen molar-refractivity contribution >= 4 is 17.7 Å². The number of hydrogen-bond acceptors (Lipinski definition) is 4. The minimum atomic E-state index is -0.649. The van der Waals surface area contributed by atoms with Crippen LogP contribution in [0, 0.1) is 5.95 Å². The lowest BCUT2D eigenvalue weighted by Gasteiger charge is -1.98. The molecule has 2 N–H and O–H groups in total. The Kier molecular flexibility index (Phi) is 3.17. The predicted octanol–water partition coefficient (Wildman–Crippen LogP) is 0.989. The highest BCUT2D eigenvalue weighted by molar-refractivity contribution is 5.87. The molecule has 0 aliphatic rings. The third kappa shape index (κ3) is 2.55. The van der Waals surface area contributed by atoms with Crippen molar-refractivity contribution in [1.82, 2.24) is 4.98 Å². The van der Waals surface area contributed by atoms with E-state index in [1.54, 1.807) is 0 Å². The van der Waals surface area contributed by atoms with Gasteiger partial charge >= 0.3 is 5.97 Å². The van der Waals surface area contributed by atoms with Gasteiger partial charge in [0.1, 0.15) is 0 Å². The van der Waals surface area contributed by atoms with Crippen LogP contribution in [0.25, 0.3) is 6.08 Å². The Labute approximate surface area is 80.2 Å². The summed E-state index contributed by atoms with van der Waals surface area (Å²) in [6.07, 6.45) is 2.42. The summed E-state index contributed by atoms with van der Waals surface area (Å²) in [6.45, 7) is 0. The first-order chi connectivity index (χ1) is 6.63. The zero-order valence-corrected chi connectivity index (χ0v) is 7.53. The number of nitrogens with two attached hydrogens (primary N) is 1. The van der Waals surface area contributed by atoms with Gasteiger partial charge in [-0.1, -0.05) is 0 Å². The van der Waals surface area contributed by atoms with Gasteiger partial charge in [-0.25, -0.2) is 9.78 Å². The first-order valence-electron chi connectivity index (χ1n) is 3.81. The molecule has 0 bridgehead atoms. The number of halogens is 1. The van der Waals surface area contributed by atoms with Gasteiger partial charge in [0.05, 0.1) is 18.5 Å². The van der Waals surface area contributed by atoms with Gasteiger partial charge in [-0.2, -0.15) is 4.39 Å². The fraction of sp³-hybridized carbons (Fsp3) is 0.111. The molecule has 0 aromatic carbocycles. The maximum atomic E-state index is 12.6. The molecule has 0 spiro atoms. The molecule has 0 aliphatic carbocycles. The Morgan fingerprint density at radius 3 is 3.00 bits per heavy atom. The van der Waals surface area contributed by atoms with E-state index in [1.807, 2.05) is 0 Å². The van der Waals surface area contributed by atoms with E-state index in [4.69, 9.17) is 5.73 Å². The Balaban J connectivity index is 2.90. The first kappa shape index (κ1) is 10.2. The average molecular weight is 196 g/mol. The van der Waals surface area contributed by atoms with Gasteiger partial charge in [0.2, 0.25) is 5.95 Å². The number of rotatable bonds is 2. The molecule has 1 rings (SSSR count). The Morgan fingerprint density at radius 2 is 2.36 bits per heavy atom. The number of pyridine rings is 1. The van der Waals surface area contributed by atoms with E-state index in [0.29, 0.717) is 5.69 Å². The second-order valence-electron chi connectivity index (χ2n) is 2.46. The van der Waals surface area contributed by atoms with E-state index in [2.05, 4.69) is 9.72 Å². The van der Waals surface area contributed by atoms with Crippen LogP contribution in [-0.2, 0) is 9.53 Å². The molecule has 74 valence electrons. The highest BCUT2D eigenvalue weighted by Gasteiger charge is 2.00. The molecule has 0 saturated carbocycles. The number of carbonyl (C=O) groups excluding carboxylic acids is 1. The van der Waals surface area contributed by atoms with Crippen molar-refractivity contribution in [3.63, 3.8) is 0 Å². The molecule has 4 nitrogen and oxygen atoms in total. The number of nitrogen functional groups attached to an aromatic ring is 1. The summed E-state index contributed by atoms with van der Waals surface area (Å²) in [5, 5.41) is 0. The van der Waals surface area contributed by atoms with Crippen LogP contribution in [0.5, 0.6) is 0 Å². The fourth-order valence-electron chi connectivity index (χ4n) is 0.809. The van der Waals surface area contributed by atoms with E-state index < -0.39 is 11.9 Å². The van der Waals surface area contributed by atoms with Crippen molar-refractivity contribution in [1.29, 1.82) is 0 Å². The lowest BCUT2D eigenvalue weighted by Crippen LogP contribution is -1.97. The lowest BCUT2D eigenvalue weighted by atomic mass is 10.3. The van der Waals surface area contributed by atoms with E-state index >= 15 is 0 Å². The maximum absolute atomic E-state index is 12.6. The van der Waals surface area contributed by atoms with Crippen molar-refractivity contribution in [3.05, 3.63) is 29.9 Å². The molecule has 1 aromatic rings. The number of ether oxygens (including phenoxy) is 1. The number of nitrogens with zero attached hydrogens (tertiary/aromatic N) is 1. The smallest absolute Gasteiger partial charge is 0.330 e. The second-order valence-corrected chi connectivity index (χ2v) is 2.46. The van der Waals surface area contributed by atoms with Crippen molar-refractivity contribution in [2.45, 2.75) is 0 Å². The summed E-state index contributed by atoms with van der Waals surface area (Å²) in [5.74, 6) is -1.20. The minimum absolute atomic E-state index is 0.204. The lowest BCUT2D eigenvalue weighted by molar-refractivity contribution is -0.134. The standard InChI is InChI=1S/C9H9FN2O2/c1-14-9(13)5-3-7-6(11)2-4-8(10)12-7/h2-5H,11H2,1H3. The van der Waals surface area contributed by atoms with Crippen LogP contribution in [0.15, 0.2) is 18.2 Å². The quantitative estimate of drug-likeness (QED) is 0.435. The number of carbonyl (C=O) groups is 1. The zero-order valence-electron chi connectivity index (χ0n) is 7.53. The van der Waals surface area contributed by atoms with Crippen molar-refractivity contribution in [3.8, 4) is 0 Å². The Hall–Kier alpha value is -1.91. The van der Waals surface area contributed by atoms with Gasteiger partial charge in [0.15, 0.2) is 0 Å².